The van der Waals surface area contributed by atoms with E-state index in [2.05, 4.69) is 10.2 Å². The van der Waals surface area contributed by atoms with E-state index in [1.54, 1.807) is 7.05 Å². The third kappa shape index (κ3) is 2.54. The third-order valence-electron chi connectivity index (χ3n) is 2.95. The van der Waals surface area contributed by atoms with E-state index < -0.39 is 15.9 Å². The number of primary sulfonamides is 1. The van der Waals surface area contributed by atoms with Crippen LogP contribution >= 0.6 is 0 Å². The Bertz CT molecular complexity index is 574. The van der Waals surface area contributed by atoms with Crippen LogP contribution in [0.3, 0.4) is 0 Å². The van der Waals surface area contributed by atoms with Crippen molar-refractivity contribution in [2.24, 2.45) is 11.1 Å². The number of nitrogens with one attached hydrogen (secondary N) is 1. The largest absolute Gasteiger partial charge is 0.340 e. The van der Waals surface area contributed by atoms with Gasteiger partial charge >= 0.3 is 0 Å². The van der Waals surface area contributed by atoms with E-state index in [0.717, 1.165) is 12.8 Å². The zero-order valence-corrected chi connectivity index (χ0v) is 11.1. The van der Waals surface area contributed by atoms with Gasteiger partial charge in [-0.1, -0.05) is 0 Å². The first-order valence-corrected chi connectivity index (χ1v) is 7.18. The minimum atomic E-state index is -3.95. The Balaban J connectivity index is 2.30. The van der Waals surface area contributed by atoms with Gasteiger partial charge in [0.1, 0.15) is 4.90 Å². The molecular weight excluding hydrogens is 256 g/mol. The molecule has 1 amide bonds. The Kier molecular flexibility index (Phi) is 3.16. The molecule has 1 aromatic heterocycles. The smallest absolute Gasteiger partial charge is 0.275 e. The fraction of sp³-hybridized carbons (Fsp3) is 0.600. The Morgan fingerprint density at radius 2 is 2.17 bits per heavy atom. The van der Waals surface area contributed by atoms with Crippen LogP contribution in [0.25, 0.3) is 0 Å². The molecule has 1 fully saturated rings. The highest BCUT2D eigenvalue weighted by Crippen LogP contribution is 2.30. The number of carbonyl (C=O) groups is 1. The zero-order chi connectivity index (χ0) is 13.5. The molecule has 100 valence electrons. The maximum atomic E-state index is 12.1. The number of sulfonamides is 1. The zero-order valence-electron chi connectivity index (χ0n) is 10.3. The normalized spacial score (nSPS) is 15.7. The highest BCUT2D eigenvalue weighted by molar-refractivity contribution is 7.89. The summed E-state index contributed by atoms with van der Waals surface area (Å²) in [6.45, 7) is 2.14. The van der Waals surface area contributed by atoms with Crippen molar-refractivity contribution in [2.75, 3.05) is 13.6 Å². The van der Waals surface area contributed by atoms with E-state index in [9.17, 15) is 13.2 Å². The summed E-state index contributed by atoms with van der Waals surface area (Å²) in [7, 11) is -2.32. The molecule has 18 heavy (non-hydrogen) atoms. The van der Waals surface area contributed by atoms with Crippen LogP contribution in [-0.4, -0.2) is 43.0 Å². The van der Waals surface area contributed by atoms with Gasteiger partial charge < -0.3 is 4.90 Å². The third-order valence-corrected chi connectivity index (χ3v) is 4.02. The molecular formula is C10H16N4O3S. The molecule has 1 aromatic rings. The number of hydrogen-bond acceptors (Lipinski definition) is 4. The maximum Gasteiger partial charge on any atom is 0.275 e. The monoisotopic (exact) mass is 272 g/mol. The lowest BCUT2D eigenvalue weighted by atomic mass is 10.3. The second-order valence-electron chi connectivity index (χ2n) is 4.70. The van der Waals surface area contributed by atoms with Gasteiger partial charge in [0.2, 0.25) is 10.0 Å². The number of aromatic nitrogens is 2. The highest BCUT2D eigenvalue weighted by Gasteiger charge is 2.30. The number of rotatable bonds is 4. The van der Waals surface area contributed by atoms with Gasteiger partial charge in [0.05, 0.1) is 5.69 Å². The predicted molar refractivity (Wildman–Crippen MR) is 64.4 cm³/mol. The number of hydrogen-bond donors (Lipinski definition) is 2. The van der Waals surface area contributed by atoms with Crippen molar-refractivity contribution < 1.29 is 13.2 Å². The minimum absolute atomic E-state index is 0.127. The lowest BCUT2D eigenvalue weighted by Gasteiger charge is -2.15. The number of aryl methyl sites for hydroxylation is 1. The van der Waals surface area contributed by atoms with Crippen molar-refractivity contribution in [1.82, 2.24) is 15.1 Å². The number of carbonyl (C=O) groups excluding carboxylic acids is 1. The lowest BCUT2D eigenvalue weighted by Crippen LogP contribution is -2.30. The molecule has 8 heteroatoms. The van der Waals surface area contributed by atoms with Crippen molar-refractivity contribution in [2.45, 2.75) is 24.7 Å². The molecule has 1 saturated carbocycles. The van der Waals surface area contributed by atoms with Crippen LogP contribution in [0, 0.1) is 12.8 Å². The summed E-state index contributed by atoms with van der Waals surface area (Å²) < 4.78 is 22.9. The predicted octanol–water partition coefficient (Wildman–Crippen LogP) is -0.152. The van der Waals surface area contributed by atoms with Crippen molar-refractivity contribution in [3.63, 3.8) is 0 Å². The first-order chi connectivity index (χ1) is 8.30. The van der Waals surface area contributed by atoms with E-state index in [4.69, 9.17) is 5.14 Å². The standard InChI is InChI=1S/C10H16N4O3S/c1-6-9(18(11,16)17)8(13-12-6)10(15)14(2)5-7-3-4-7/h7H,3-5H2,1-2H3,(H,12,13)(H2,11,16,17). The molecule has 1 aliphatic rings. The molecule has 2 rings (SSSR count). The molecule has 0 unspecified atom stereocenters. The number of H-pyrrole nitrogens is 1. The lowest BCUT2D eigenvalue weighted by molar-refractivity contribution is 0.0779. The molecule has 1 heterocycles. The Morgan fingerprint density at radius 1 is 1.56 bits per heavy atom. The topological polar surface area (TPSA) is 109 Å². The second-order valence-corrected chi connectivity index (χ2v) is 6.20. The molecule has 7 nitrogen and oxygen atoms in total. The summed E-state index contributed by atoms with van der Waals surface area (Å²) in [6, 6.07) is 0. The molecule has 0 aromatic carbocycles. The Labute approximate surface area is 105 Å². The maximum absolute atomic E-state index is 12.1. The minimum Gasteiger partial charge on any atom is -0.340 e. The van der Waals surface area contributed by atoms with Crippen LogP contribution < -0.4 is 5.14 Å². The van der Waals surface area contributed by atoms with Gasteiger partial charge in [0.25, 0.3) is 5.91 Å². The number of nitrogens with zero attached hydrogens (tertiary/aromatic N) is 2. The molecule has 0 radical (unpaired) electrons. The summed E-state index contributed by atoms with van der Waals surface area (Å²) in [6.07, 6.45) is 2.22. The van der Waals surface area contributed by atoms with Crippen molar-refractivity contribution >= 4 is 15.9 Å². The first-order valence-electron chi connectivity index (χ1n) is 5.64. The summed E-state index contributed by atoms with van der Waals surface area (Å²) >= 11 is 0. The van der Waals surface area contributed by atoms with Gasteiger partial charge in [-0.05, 0) is 25.7 Å². The van der Waals surface area contributed by atoms with Crippen LogP contribution in [0.5, 0.6) is 0 Å². The fourth-order valence-corrected chi connectivity index (χ4v) is 2.74. The van der Waals surface area contributed by atoms with Gasteiger partial charge in [-0.25, -0.2) is 13.6 Å². The van der Waals surface area contributed by atoms with Gasteiger partial charge in [0.15, 0.2) is 5.69 Å². The average Bonchev–Trinajstić information content (AvgIpc) is 2.96. The van der Waals surface area contributed by atoms with E-state index in [-0.39, 0.29) is 16.3 Å². The summed E-state index contributed by atoms with van der Waals surface area (Å²) in [5, 5.41) is 11.3. The second kappa shape index (κ2) is 4.36. The Hall–Kier alpha value is -1.41. The Morgan fingerprint density at radius 3 is 2.67 bits per heavy atom. The van der Waals surface area contributed by atoms with Gasteiger partial charge in [-0.3, -0.25) is 9.89 Å². The average molecular weight is 272 g/mol. The SMILES string of the molecule is Cc1[nH]nc(C(=O)N(C)CC2CC2)c1S(N)(=O)=O. The number of amides is 1. The number of nitrogens with two attached hydrogens (primary N) is 1. The van der Waals surface area contributed by atoms with Gasteiger partial charge in [-0.2, -0.15) is 5.10 Å². The highest BCUT2D eigenvalue weighted by atomic mass is 32.2. The summed E-state index contributed by atoms with van der Waals surface area (Å²) in [5.74, 6) is 0.104. The molecule has 0 bridgehead atoms. The van der Waals surface area contributed by atoms with Crippen LogP contribution in [0.4, 0.5) is 0 Å². The van der Waals surface area contributed by atoms with Crippen LogP contribution in [0.2, 0.25) is 0 Å². The van der Waals surface area contributed by atoms with Crippen LogP contribution in [0.1, 0.15) is 29.0 Å². The number of aromatic amines is 1. The van der Waals surface area contributed by atoms with Crippen molar-refractivity contribution in [3.8, 4) is 0 Å². The fourth-order valence-electron chi connectivity index (χ4n) is 1.86. The summed E-state index contributed by atoms with van der Waals surface area (Å²) in [4.78, 5) is 13.4. The van der Waals surface area contributed by atoms with E-state index in [0.29, 0.717) is 12.5 Å². The molecule has 0 atom stereocenters. The quantitative estimate of drug-likeness (QED) is 0.794. The van der Waals surface area contributed by atoms with Crippen molar-refractivity contribution in [3.05, 3.63) is 11.4 Å². The van der Waals surface area contributed by atoms with E-state index in [1.807, 2.05) is 0 Å². The molecule has 0 spiro atoms. The molecule has 0 saturated heterocycles. The van der Waals surface area contributed by atoms with Crippen LogP contribution in [0.15, 0.2) is 4.90 Å². The van der Waals surface area contributed by atoms with Gasteiger partial charge in [-0.15, -0.1) is 0 Å². The van der Waals surface area contributed by atoms with Gasteiger partial charge in [0, 0.05) is 13.6 Å². The van der Waals surface area contributed by atoms with E-state index in [1.165, 1.54) is 11.8 Å². The van der Waals surface area contributed by atoms with E-state index >= 15 is 0 Å². The molecule has 1 aliphatic carbocycles. The van der Waals surface area contributed by atoms with Crippen molar-refractivity contribution in [1.29, 1.82) is 0 Å². The summed E-state index contributed by atoms with van der Waals surface area (Å²) in [5.41, 5.74) is 0.152. The van der Waals surface area contributed by atoms with Crippen LogP contribution in [-0.2, 0) is 10.0 Å². The first kappa shape index (κ1) is 13.0. The molecule has 0 aliphatic heterocycles. The molecule has 3 N–H and O–H groups in total.